The molecule has 0 radical (unpaired) electrons. The Morgan fingerprint density at radius 3 is 2.08 bits per heavy atom. The molecule has 0 bridgehead atoms. The molecule has 0 heterocycles. The zero-order valence-corrected chi connectivity index (χ0v) is 6.27. The molecule has 1 atom stereocenters. The van der Waals surface area contributed by atoms with Gasteiger partial charge in [0.15, 0.2) is 0 Å². The molecule has 0 aromatic heterocycles. The minimum Gasteiger partial charge on any atom is -0.550 e. The summed E-state index contributed by atoms with van der Waals surface area (Å²) in [5.41, 5.74) is 0. The van der Waals surface area contributed by atoms with E-state index in [4.69, 9.17) is 0 Å². The summed E-state index contributed by atoms with van der Waals surface area (Å²) in [6.45, 7) is 1.26. The van der Waals surface area contributed by atoms with Crippen LogP contribution in [0.1, 0.15) is 6.92 Å². The van der Waals surface area contributed by atoms with E-state index in [2.05, 4.69) is 0 Å². The first-order valence-electron chi connectivity index (χ1n) is 3.09. The lowest BCUT2D eigenvalue weighted by Gasteiger charge is -2.05. The minimum atomic E-state index is -1.86. The smallest absolute Gasteiger partial charge is 0.200 e. The number of hydrogen-bond acceptors (Lipinski definition) is 5. The average Bonchev–Trinajstić information content (AvgIpc) is 1.98. The van der Waals surface area contributed by atoms with Crippen LogP contribution in [0.25, 0.3) is 0 Å². The predicted octanol–water partition coefficient (Wildman–Crippen LogP) is -2.75. The summed E-state index contributed by atoms with van der Waals surface area (Å²) in [5.74, 6) is -5.49. The van der Waals surface area contributed by atoms with Crippen LogP contribution in [0.4, 0.5) is 0 Å². The predicted molar refractivity (Wildman–Crippen MR) is 33.3 cm³/mol. The molecule has 66 valence electrons. The Kier molecular flexibility index (Phi) is 3.69. The summed E-state index contributed by atoms with van der Waals surface area (Å²) in [6, 6.07) is 0. The molecule has 0 aliphatic heterocycles. The van der Waals surface area contributed by atoms with E-state index in [0.717, 1.165) is 6.08 Å². The van der Waals surface area contributed by atoms with E-state index in [0.29, 0.717) is 6.08 Å². The zero-order valence-electron chi connectivity index (χ0n) is 6.27. The van der Waals surface area contributed by atoms with Crippen molar-refractivity contribution in [2.45, 2.75) is 6.92 Å². The monoisotopic (exact) mass is 170 g/mol. The molecule has 0 aromatic carbocycles. The first-order valence-corrected chi connectivity index (χ1v) is 3.09. The molecule has 5 heteroatoms. The summed E-state index contributed by atoms with van der Waals surface area (Å²) >= 11 is 0. The van der Waals surface area contributed by atoms with Gasteiger partial charge in [-0.3, -0.25) is 4.79 Å². The maximum absolute atomic E-state index is 10.3. The SMILES string of the molecule is CC(/C=C/C(=O)C(=O)[O-])C(=O)[O-]. The Morgan fingerprint density at radius 2 is 1.75 bits per heavy atom. The van der Waals surface area contributed by atoms with Crippen molar-refractivity contribution in [1.29, 1.82) is 0 Å². The Hall–Kier alpha value is -1.65. The van der Waals surface area contributed by atoms with Crippen molar-refractivity contribution in [3.05, 3.63) is 12.2 Å². The van der Waals surface area contributed by atoms with Gasteiger partial charge in [0.1, 0.15) is 5.97 Å². The Bertz CT molecular complexity index is 240. The van der Waals surface area contributed by atoms with Crippen LogP contribution >= 0.6 is 0 Å². The van der Waals surface area contributed by atoms with Crippen molar-refractivity contribution in [2.75, 3.05) is 0 Å². The molecular weight excluding hydrogens is 164 g/mol. The largest absolute Gasteiger partial charge is 0.550 e. The summed E-state index contributed by atoms with van der Waals surface area (Å²) in [5, 5.41) is 19.9. The number of carbonyl (C=O) groups is 3. The fourth-order valence-electron chi connectivity index (χ4n) is 0.378. The van der Waals surface area contributed by atoms with Gasteiger partial charge in [0, 0.05) is 11.9 Å². The molecule has 5 nitrogen and oxygen atoms in total. The van der Waals surface area contributed by atoms with Gasteiger partial charge in [0.2, 0.25) is 5.78 Å². The number of carbonyl (C=O) groups excluding carboxylic acids is 3. The molecule has 0 N–H and O–H groups in total. The van der Waals surface area contributed by atoms with Gasteiger partial charge >= 0.3 is 0 Å². The van der Waals surface area contributed by atoms with Gasteiger partial charge in [-0.05, 0) is 6.08 Å². The molecule has 0 aliphatic rings. The maximum atomic E-state index is 10.3. The average molecular weight is 170 g/mol. The molecule has 0 rings (SSSR count). The van der Waals surface area contributed by atoms with Gasteiger partial charge in [-0.25, -0.2) is 0 Å². The number of rotatable bonds is 4. The number of hydrogen-bond donors (Lipinski definition) is 0. The van der Waals surface area contributed by atoms with Crippen LogP contribution in [0.3, 0.4) is 0 Å². The highest BCUT2D eigenvalue weighted by Gasteiger charge is 1.99. The van der Waals surface area contributed by atoms with E-state index in [1.165, 1.54) is 6.92 Å². The first-order chi connectivity index (χ1) is 5.45. The lowest BCUT2D eigenvalue weighted by molar-refractivity contribution is -0.309. The van der Waals surface area contributed by atoms with Crippen molar-refractivity contribution in [2.24, 2.45) is 5.92 Å². The van der Waals surface area contributed by atoms with Gasteiger partial charge < -0.3 is 19.8 Å². The lowest BCUT2D eigenvalue weighted by Crippen LogP contribution is -2.31. The summed E-state index contributed by atoms with van der Waals surface area (Å²) in [7, 11) is 0. The van der Waals surface area contributed by atoms with Crippen LogP contribution in [0.15, 0.2) is 12.2 Å². The Balaban J connectivity index is 4.16. The number of carboxylic acid groups (broad SMARTS) is 2. The minimum absolute atomic E-state index is 0.635. The van der Waals surface area contributed by atoms with E-state index in [-0.39, 0.29) is 0 Å². The van der Waals surface area contributed by atoms with Crippen LogP contribution in [-0.4, -0.2) is 17.7 Å². The van der Waals surface area contributed by atoms with Crippen molar-refractivity contribution in [3.8, 4) is 0 Å². The quantitative estimate of drug-likeness (QED) is 0.336. The van der Waals surface area contributed by atoms with Crippen molar-refractivity contribution in [3.63, 3.8) is 0 Å². The van der Waals surface area contributed by atoms with E-state index in [9.17, 15) is 24.6 Å². The second kappa shape index (κ2) is 4.27. The third-order valence-corrected chi connectivity index (χ3v) is 1.11. The van der Waals surface area contributed by atoms with Gasteiger partial charge in [-0.15, -0.1) is 0 Å². The number of ketones is 1. The highest BCUT2D eigenvalue weighted by Crippen LogP contribution is 1.94. The van der Waals surface area contributed by atoms with Crippen LogP contribution < -0.4 is 10.2 Å². The summed E-state index contributed by atoms with van der Waals surface area (Å²) in [6.07, 6.45) is 1.56. The fourth-order valence-corrected chi connectivity index (χ4v) is 0.378. The topological polar surface area (TPSA) is 97.3 Å². The normalized spacial score (nSPS) is 12.8. The third kappa shape index (κ3) is 3.50. The fraction of sp³-hybridized carbons (Fsp3) is 0.286. The van der Waals surface area contributed by atoms with E-state index >= 15 is 0 Å². The standard InChI is InChI=1S/C7H8O5/c1-4(6(9)10)2-3-5(8)7(11)12/h2-4H,1H3,(H,9,10)(H,11,12)/p-2/b3-2+. The summed E-state index contributed by atoms with van der Waals surface area (Å²) in [4.78, 5) is 30.2. The van der Waals surface area contributed by atoms with Gasteiger partial charge in [-0.2, -0.15) is 0 Å². The van der Waals surface area contributed by atoms with Crippen LogP contribution in [-0.2, 0) is 14.4 Å². The lowest BCUT2D eigenvalue weighted by atomic mass is 10.1. The molecule has 0 amide bonds. The maximum Gasteiger partial charge on any atom is 0.200 e. The van der Waals surface area contributed by atoms with E-state index < -0.39 is 23.6 Å². The first kappa shape index (κ1) is 10.3. The van der Waals surface area contributed by atoms with Gasteiger partial charge in [0.05, 0.1) is 0 Å². The van der Waals surface area contributed by atoms with E-state index in [1.807, 2.05) is 0 Å². The van der Waals surface area contributed by atoms with Crippen LogP contribution in [0.5, 0.6) is 0 Å². The molecule has 0 fully saturated rings. The molecule has 0 saturated heterocycles. The van der Waals surface area contributed by atoms with E-state index in [1.54, 1.807) is 0 Å². The molecule has 0 aromatic rings. The van der Waals surface area contributed by atoms with Crippen molar-refractivity contribution >= 4 is 17.7 Å². The molecule has 0 spiro atoms. The third-order valence-electron chi connectivity index (χ3n) is 1.11. The zero-order chi connectivity index (χ0) is 9.72. The van der Waals surface area contributed by atoms with Crippen molar-refractivity contribution < 1.29 is 24.6 Å². The van der Waals surface area contributed by atoms with Gasteiger partial charge in [-0.1, -0.05) is 13.0 Å². The highest BCUT2D eigenvalue weighted by molar-refractivity contribution is 6.36. The Labute approximate surface area is 68.3 Å². The number of carboxylic acids is 2. The molecule has 0 saturated carbocycles. The highest BCUT2D eigenvalue weighted by atomic mass is 16.4. The second-order valence-electron chi connectivity index (χ2n) is 2.12. The van der Waals surface area contributed by atoms with Crippen LogP contribution in [0.2, 0.25) is 0 Å². The van der Waals surface area contributed by atoms with Gasteiger partial charge in [0.25, 0.3) is 0 Å². The van der Waals surface area contributed by atoms with Crippen molar-refractivity contribution in [1.82, 2.24) is 0 Å². The molecule has 0 aliphatic carbocycles. The van der Waals surface area contributed by atoms with Crippen LogP contribution in [0, 0.1) is 5.92 Å². The second-order valence-corrected chi connectivity index (χ2v) is 2.12. The molecule has 1 unspecified atom stereocenters. The molecule has 12 heavy (non-hydrogen) atoms. The summed E-state index contributed by atoms with van der Waals surface area (Å²) < 4.78 is 0. The molecular formula is C7H6O5-2. The number of aliphatic carboxylic acids is 2. The Morgan fingerprint density at radius 1 is 1.25 bits per heavy atom.